The smallest absolute Gasteiger partial charge is 0.100 e. The third kappa shape index (κ3) is 3.54. The molecule has 0 atom stereocenters. The second-order valence-corrected chi connectivity index (χ2v) is 12.7. The van der Waals surface area contributed by atoms with Gasteiger partial charge in [0.1, 0.15) is 6.33 Å². The van der Waals surface area contributed by atoms with Gasteiger partial charge in [-0.2, -0.15) is 0 Å². The van der Waals surface area contributed by atoms with Crippen molar-refractivity contribution in [1.82, 2.24) is 14.1 Å². The van der Waals surface area contributed by atoms with Gasteiger partial charge in [0.25, 0.3) is 0 Å². The van der Waals surface area contributed by atoms with Gasteiger partial charge in [0.05, 0.1) is 22.1 Å². The monoisotopic (exact) mass is 591 g/mol. The number of fused-ring (bicyclic) bond motifs is 10. The molecule has 0 aliphatic rings. The largest absolute Gasteiger partial charge is 0.309 e. The van der Waals surface area contributed by atoms with Crippen LogP contribution in [0.4, 0.5) is 0 Å². The van der Waals surface area contributed by atoms with Gasteiger partial charge >= 0.3 is 0 Å². The molecule has 45 heavy (non-hydrogen) atoms. The van der Waals surface area contributed by atoms with Gasteiger partial charge in [-0.05, 0) is 71.1 Å². The van der Waals surface area contributed by atoms with Crippen LogP contribution in [0.5, 0.6) is 0 Å². The number of para-hydroxylation sites is 3. The van der Waals surface area contributed by atoms with E-state index in [-0.39, 0.29) is 0 Å². The Morgan fingerprint density at radius 1 is 0.511 bits per heavy atom. The van der Waals surface area contributed by atoms with E-state index < -0.39 is 0 Å². The lowest BCUT2D eigenvalue weighted by Gasteiger charge is -2.13. The molecule has 0 N–H and O–H groups in total. The van der Waals surface area contributed by atoms with Crippen LogP contribution in [-0.2, 0) is 0 Å². The summed E-state index contributed by atoms with van der Waals surface area (Å²) >= 11 is 1.88. The average Bonchev–Trinajstić information content (AvgIpc) is 3.80. The highest BCUT2D eigenvalue weighted by Crippen LogP contribution is 2.45. The van der Waals surface area contributed by atoms with Crippen LogP contribution in [0.15, 0.2) is 152 Å². The van der Waals surface area contributed by atoms with Crippen LogP contribution in [0.3, 0.4) is 0 Å². The Balaban J connectivity index is 1.32. The van der Waals surface area contributed by atoms with Gasteiger partial charge in [-0.3, -0.25) is 4.57 Å². The number of hydrogen-bond acceptors (Lipinski definition) is 2. The Morgan fingerprint density at radius 3 is 2.04 bits per heavy atom. The topological polar surface area (TPSA) is 22.8 Å². The van der Waals surface area contributed by atoms with Crippen LogP contribution in [0, 0.1) is 0 Å². The molecule has 0 saturated heterocycles. The molecule has 10 aromatic rings. The summed E-state index contributed by atoms with van der Waals surface area (Å²) in [5.41, 5.74) is 9.25. The third-order valence-corrected chi connectivity index (χ3v) is 10.4. The van der Waals surface area contributed by atoms with Crippen molar-refractivity contribution >= 4 is 75.1 Å². The summed E-state index contributed by atoms with van der Waals surface area (Å²) in [5.74, 6) is 0. The predicted molar refractivity (Wildman–Crippen MR) is 191 cm³/mol. The lowest BCUT2D eigenvalue weighted by Crippen LogP contribution is -1.94. The van der Waals surface area contributed by atoms with Crippen molar-refractivity contribution in [2.75, 3.05) is 0 Å². The molecule has 0 aliphatic carbocycles. The van der Waals surface area contributed by atoms with Crippen molar-refractivity contribution in [2.45, 2.75) is 0 Å². The highest BCUT2D eigenvalue weighted by molar-refractivity contribution is 7.26. The maximum atomic E-state index is 5.01. The molecular weight excluding hydrogens is 567 g/mol. The van der Waals surface area contributed by atoms with Crippen LogP contribution in [0.2, 0.25) is 0 Å². The van der Waals surface area contributed by atoms with Crippen LogP contribution in [-0.4, -0.2) is 14.1 Å². The predicted octanol–water partition coefficient (Wildman–Crippen LogP) is 11.3. The molecule has 0 spiro atoms. The maximum absolute atomic E-state index is 5.01. The van der Waals surface area contributed by atoms with Gasteiger partial charge < -0.3 is 4.57 Å². The Kier molecular flexibility index (Phi) is 5.16. The lowest BCUT2D eigenvalue weighted by atomic mass is 9.94. The SMILES string of the molecule is c1ccc(-n2cnc3cc(-c4ccc5c(c4)c4ccccc4n5-c4ccccc4)c4ccc5c6ccccc6sc5c4c32)cc1. The summed E-state index contributed by atoms with van der Waals surface area (Å²) in [6, 6.07) is 52.5. The van der Waals surface area contributed by atoms with E-state index in [2.05, 4.69) is 155 Å². The van der Waals surface area contributed by atoms with Crippen molar-refractivity contribution < 1.29 is 0 Å². The molecule has 3 aromatic heterocycles. The van der Waals surface area contributed by atoms with Crippen LogP contribution in [0.25, 0.3) is 86.3 Å². The molecule has 0 unspecified atom stereocenters. The zero-order chi connectivity index (χ0) is 29.5. The molecule has 3 nitrogen and oxygen atoms in total. The number of rotatable bonds is 3. The summed E-state index contributed by atoms with van der Waals surface area (Å²) in [4.78, 5) is 5.01. The van der Waals surface area contributed by atoms with Gasteiger partial charge in [0, 0.05) is 47.7 Å². The fourth-order valence-electron chi connectivity index (χ4n) is 7.20. The average molecular weight is 592 g/mol. The van der Waals surface area contributed by atoms with Gasteiger partial charge in [-0.1, -0.05) is 91.0 Å². The first-order valence-corrected chi connectivity index (χ1v) is 16.0. The highest BCUT2D eigenvalue weighted by Gasteiger charge is 2.20. The van der Waals surface area contributed by atoms with Crippen molar-refractivity contribution in [3.8, 4) is 22.5 Å². The van der Waals surface area contributed by atoms with Crippen molar-refractivity contribution in [3.63, 3.8) is 0 Å². The minimum absolute atomic E-state index is 0.998. The number of hydrogen-bond donors (Lipinski definition) is 0. The number of aromatic nitrogens is 3. The van der Waals surface area contributed by atoms with Crippen LogP contribution in [0.1, 0.15) is 0 Å². The summed E-state index contributed by atoms with van der Waals surface area (Å²) in [6.07, 6.45) is 1.98. The fraction of sp³-hybridized carbons (Fsp3) is 0. The molecule has 0 radical (unpaired) electrons. The van der Waals surface area contributed by atoms with Gasteiger partial charge in [-0.15, -0.1) is 11.3 Å². The molecule has 10 rings (SSSR count). The first-order valence-electron chi connectivity index (χ1n) is 15.2. The number of thiophene rings is 1. The first kappa shape index (κ1) is 24.7. The minimum atomic E-state index is 0.998. The van der Waals surface area contributed by atoms with Crippen molar-refractivity contribution in [2.24, 2.45) is 0 Å². The summed E-state index contributed by atoms with van der Waals surface area (Å²) in [6.45, 7) is 0. The maximum Gasteiger partial charge on any atom is 0.100 e. The lowest BCUT2D eigenvalue weighted by molar-refractivity contribution is 1.10. The van der Waals surface area contributed by atoms with E-state index in [1.54, 1.807) is 0 Å². The number of nitrogens with zero attached hydrogens (tertiary/aromatic N) is 3. The van der Waals surface area contributed by atoms with Crippen LogP contribution < -0.4 is 0 Å². The molecule has 0 bridgehead atoms. The molecule has 0 amide bonds. The Hall–Kier alpha value is -5.71. The molecule has 0 saturated carbocycles. The van der Waals surface area contributed by atoms with E-state index in [0.717, 1.165) is 16.7 Å². The van der Waals surface area contributed by atoms with E-state index in [1.807, 2.05) is 17.7 Å². The Bertz CT molecular complexity index is 2750. The second kappa shape index (κ2) is 9.39. The standard InChI is InChI=1S/C41H25N3S/c1-3-11-27(12-4-1)43-25-42-35-24-33(31-20-21-32-30-16-8-10-18-38(30)45-41(32)39(31)40(35)43)26-19-22-37-34(23-26)29-15-7-9-17-36(29)44(37)28-13-5-2-6-14-28/h1-25H. The molecular formula is C41H25N3S. The van der Waals surface area contributed by atoms with E-state index in [0.29, 0.717) is 0 Å². The minimum Gasteiger partial charge on any atom is -0.309 e. The third-order valence-electron chi connectivity index (χ3n) is 9.18. The highest BCUT2D eigenvalue weighted by atomic mass is 32.1. The van der Waals surface area contributed by atoms with Crippen molar-refractivity contribution in [1.29, 1.82) is 0 Å². The quantitative estimate of drug-likeness (QED) is 0.200. The Labute approximate surface area is 262 Å². The Morgan fingerprint density at radius 2 is 1.20 bits per heavy atom. The fourth-order valence-corrected chi connectivity index (χ4v) is 8.45. The first-order chi connectivity index (χ1) is 22.3. The zero-order valence-electron chi connectivity index (χ0n) is 24.2. The number of imidazole rings is 1. The molecule has 0 aliphatic heterocycles. The molecule has 3 heterocycles. The normalized spacial score (nSPS) is 12.0. The van der Waals surface area contributed by atoms with E-state index >= 15 is 0 Å². The summed E-state index contributed by atoms with van der Waals surface area (Å²) < 4.78 is 7.24. The zero-order valence-corrected chi connectivity index (χ0v) is 25.0. The van der Waals surface area contributed by atoms with E-state index in [9.17, 15) is 0 Å². The molecule has 0 fully saturated rings. The van der Waals surface area contributed by atoms with Gasteiger partial charge in [-0.25, -0.2) is 4.98 Å². The number of benzene rings is 7. The summed E-state index contributed by atoms with van der Waals surface area (Å²) in [7, 11) is 0. The molecule has 7 aromatic carbocycles. The van der Waals surface area contributed by atoms with Crippen molar-refractivity contribution in [3.05, 3.63) is 152 Å². The molecule has 210 valence electrons. The summed E-state index contributed by atoms with van der Waals surface area (Å²) in [5, 5.41) is 7.60. The molecule has 4 heteroatoms. The van der Waals surface area contributed by atoms with E-state index in [4.69, 9.17) is 4.98 Å². The van der Waals surface area contributed by atoms with Gasteiger partial charge in [0.2, 0.25) is 0 Å². The van der Waals surface area contributed by atoms with Gasteiger partial charge in [0.15, 0.2) is 0 Å². The van der Waals surface area contributed by atoms with E-state index in [1.165, 1.54) is 69.6 Å². The second-order valence-electron chi connectivity index (χ2n) is 11.6. The van der Waals surface area contributed by atoms with Crippen LogP contribution >= 0.6 is 11.3 Å².